The van der Waals surface area contributed by atoms with Gasteiger partial charge in [-0.1, -0.05) is 36.7 Å². The summed E-state index contributed by atoms with van der Waals surface area (Å²) in [5.41, 5.74) is 0. The molecule has 0 saturated carbocycles. The van der Waals surface area contributed by atoms with E-state index in [1.54, 1.807) is 0 Å². The molecule has 1 rings (SSSR count). The number of hydrogen-bond acceptors (Lipinski definition) is 3. The van der Waals surface area contributed by atoms with E-state index >= 15 is 0 Å². The van der Waals surface area contributed by atoms with Crippen LogP contribution in [-0.4, -0.2) is 15.4 Å². The van der Waals surface area contributed by atoms with Gasteiger partial charge in [0, 0.05) is 0 Å². The van der Waals surface area contributed by atoms with Gasteiger partial charge >= 0.3 is 29.6 Å². The van der Waals surface area contributed by atoms with Gasteiger partial charge in [-0.2, -0.15) is 0 Å². The molecule has 1 aromatic rings. The van der Waals surface area contributed by atoms with Crippen LogP contribution in [0.2, 0.25) is 0 Å². The Labute approximate surface area is 96.0 Å². The summed E-state index contributed by atoms with van der Waals surface area (Å²) in [4.78, 5) is 0. The van der Waals surface area contributed by atoms with Crippen molar-refractivity contribution in [3.63, 3.8) is 0 Å². The van der Waals surface area contributed by atoms with Gasteiger partial charge in [0.25, 0.3) is 0 Å². The molecule has 0 saturated heterocycles. The largest absolute Gasteiger partial charge is 1.00 e. The summed E-state index contributed by atoms with van der Waals surface area (Å²) in [6.45, 7) is 0. The van der Waals surface area contributed by atoms with Gasteiger partial charge in [-0.3, -0.25) is 10.2 Å². The molecule has 3 nitrogen and oxygen atoms in total. The van der Waals surface area contributed by atoms with Gasteiger partial charge < -0.3 is 1.43 Å². The maximum Gasteiger partial charge on any atom is 1.00 e. The molecule has 3 N–H and O–H groups in total. The van der Waals surface area contributed by atoms with Gasteiger partial charge in [0.05, 0.1) is 0 Å². The monoisotopic (exact) mass is 201 g/mol. The second kappa shape index (κ2) is 4.53. The molecule has 10 heavy (non-hydrogen) atoms. The van der Waals surface area contributed by atoms with E-state index in [1.165, 1.54) is 0 Å². The third kappa shape index (κ3) is 2.37. The molecule has 7 heteroatoms. The molecular weight excluding hydrogens is 197 g/mol. The Morgan fingerprint density at radius 2 is 1.40 bits per heavy atom. The predicted molar refractivity (Wildman–Crippen MR) is 43.1 cm³/mol. The SMILES string of the molecule is S=c1[nH][nH][nH]c(=S)c1=S.[H-].[Na+]. The maximum atomic E-state index is 4.80. The fraction of sp³-hybridized carbons (Fsp3) is 0. The summed E-state index contributed by atoms with van der Waals surface area (Å²) in [6, 6.07) is 0. The molecule has 0 amide bonds. The van der Waals surface area contributed by atoms with E-state index < -0.39 is 0 Å². The van der Waals surface area contributed by atoms with Crippen molar-refractivity contribution in [1.82, 2.24) is 15.4 Å². The van der Waals surface area contributed by atoms with Crippen LogP contribution in [0.3, 0.4) is 0 Å². The van der Waals surface area contributed by atoms with E-state index in [-0.39, 0.29) is 31.0 Å². The predicted octanol–water partition coefficient (Wildman–Crippen LogP) is -1.02. The van der Waals surface area contributed by atoms with Crippen molar-refractivity contribution in [3.05, 3.63) is 13.8 Å². The zero-order chi connectivity index (χ0) is 6.85. The third-order valence-corrected chi connectivity index (χ3v) is 2.04. The van der Waals surface area contributed by atoms with Crippen LogP contribution in [0.4, 0.5) is 0 Å². The molecule has 0 spiro atoms. The standard InChI is InChI=1S/C3H3N3S3.Na.H/c7-1-2(8)4-6-5-3(1)9;;/h(H,6,7)(H2,4,5,8,9);;/q;+1;-1. The van der Waals surface area contributed by atoms with Crippen molar-refractivity contribution in [3.8, 4) is 0 Å². The van der Waals surface area contributed by atoms with E-state index in [9.17, 15) is 0 Å². The van der Waals surface area contributed by atoms with Gasteiger partial charge in [-0.05, 0) is 0 Å². The average Bonchev–Trinajstić information content (AvgIpc) is 1.83. The Bertz CT molecular complexity index is 334. The fourth-order valence-corrected chi connectivity index (χ4v) is 0.834. The van der Waals surface area contributed by atoms with E-state index in [0.717, 1.165) is 0 Å². The molecule has 0 atom stereocenters. The van der Waals surface area contributed by atoms with E-state index in [4.69, 9.17) is 36.7 Å². The summed E-state index contributed by atoms with van der Waals surface area (Å²) in [6.07, 6.45) is 0. The molecule has 0 aromatic carbocycles. The molecule has 1 heterocycles. The van der Waals surface area contributed by atoms with E-state index in [1.807, 2.05) is 0 Å². The molecule has 0 aliphatic heterocycles. The van der Waals surface area contributed by atoms with Crippen LogP contribution in [0.25, 0.3) is 0 Å². The first-order valence-corrected chi connectivity index (χ1v) is 3.34. The van der Waals surface area contributed by atoms with Gasteiger partial charge in [0.1, 0.15) is 13.8 Å². The molecule has 0 aliphatic carbocycles. The van der Waals surface area contributed by atoms with E-state index in [0.29, 0.717) is 13.8 Å². The molecule has 1 aromatic heterocycles. The minimum absolute atomic E-state index is 0. The number of rotatable bonds is 0. The number of aromatic nitrogens is 3. The van der Waals surface area contributed by atoms with Crippen LogP contribution in [0.5, 0.6) is 0 Å². The van der Waals surface area contributed by atoms with Crippen molar-refractivity contribution in [2.24, 2.45) is 0 Å². The van der Waals surface area contributed by atoms with Crippen molar-refractivity contribution in [2.45, 2.75) is 0 Å². The Morgan fingerprint density at radius 1 is 1.00 bits per heavy atom. The summed E-state index contributed by atoms with van der Waals surface area (Å²) < 4.78 is 1.42. The van der Waals surface area contributed by atoms with Crippen LogP contribution in [-0.2, 0) is 0 Å². The summed E-state index contributed by atoms with van der Waals surface area (Å²) in [7, 11) is 0. The minimum Gasteiger partial charge on any atom is -1.00 e. The molecule has 0 bridgehead atoms. The van der Waals surface area contributed by atoms with Gasteiger partial charge in [0.15, 0.2) is 0 Å². The molecular formula is C3H4N3NaS3. The summed E-state index contributed by atoms with van der Waals surface area (Å²) in [5, 5.41) is 7.75. The average molecular weight is 201 g/mol. The summed E-state index contributed by atoms with van der Waals surface area (Å²) >= 11 is 14.3. The second-order valence-corrected chi connectivity index (χ2v) is 2.59. The molecule has 50 valence electrons. The first-order chi connectivity index (χ1) is 4.22. The van der Waals surface area contributed by atoms with Crippen molar-refractivity contribution in [2.75, 3.05) is 0 Å². The van der Waals surface area contributed by atoms with Crippen LogP contribution >= 0.6 is 36.7 Å². The van der Waals surface area contributed by atoms with Crippen LogP contribution in [0.15, 0.2) is 0 Å². The normalized spacial score (nSPS) is 8.40. The second-order valence-electron chi connectivity index (χ2n) is 1.36. The first-order valence-electron chi connectivity index (χ1n) is 2.11. The fourth-order valence-electron chi connectivity index (χ4n) is 0.361. The Morgan fingerprint density at radius 3 is 1.70 bits per heavy atom. The topological polar surface area (TPSA) is 47.4 Å². The van der Waals surface area contributed by atoms with Crippen LogP contribution in [0, 0.1) is 13.8 Å². The zero-order valence-electron chi connectivity index (χ0n) is 6.22. The van der Waals surface area contributed by atoms with Crippen LogP contribution in [0.1, 0.15) is 1.43 Å². The number of aromatic amines is 3. The summed E-state index contributed by atoms with van der Waals surface area (Å²) in [5.74, 6) is 0. The van der Waals surface area contributed by atoms with Crippen molar-refractivity contribution < 1.29 is 31.0 Å². The Balaban J connectivity index is 0. The zero-order valence-corrected chi connectivity index (χ0v) is 9.67. The van der Waals surface area contributed by atoms with Crippen molar-refractivity contribution >= 4 is 36.7 Å². The molecule has 0 radical (unpaired) electrons. The Kier molecular flexibility index (Phi) is 4.83. The molecule has 0 fully saturated rings. The third-order valence-electron chi connectivity index (χ3n) is 0.765. The van der Waals surface area contributed by atoms with Gasteiger partial charge in [-0.15, -0.1) is 0 Å². The van der Waals surface area contributed by atoms with Gasteiger partial charge in [-0.25, -0.2) is 5.21 Å². The molecule has 0 aliphatic rings. The first kappa shape index (κ1) is 10.7. The van der Waals surface area contributed by atoms with E-state index in [2.05, 4.69) is 15.4 Å². The number of hydrogen-bond donors (Lipinski definition) is 3. The van der Waals surface area contributed by atoms with Crippen LogP contribution < -0.4 is 29.6 Å². The van der Waals surface area contributed by atoms with Crippen molar-refractivity contribution in [1.29, 1.82) is 0 Å². The number of nitrogens with one attached hydrogen (secondary N) is 3. The van der Waals surface area contributed by atoms with Gasteiger partial charge in [0.2, 0.25) is 0 Å². The molecule has 0 unspecified atom stereocenters. The Hall–Kier alpha value is 0.670. The number of H-pyrrole nitrogens is 3. The minimum atomic E-state index is 0. The maximum absolute atomic E-state index is 4.80. The smallest absolute Gasteiger partial charge is 1.00 e. The quantitative estimate of drug-likeness (QED) is 0.372.